The highest BCUT2D eigenvalue weighted by molar-refractivity contribution is 9.10. The van der Waals surface area contributed by atoms with E-state index in [1.807, 2.05) is 23.1 Å². The maximum atomic E-state index is 12.5. The standard InChI is InChI=1S/C23H29BrN4O5/c1-5-33-21(29)14-27(19-7-6-17(15(2)3)13-18(19)24)23-22(28(30)31)20(12-16(4)25-23)26-8-10-32-11-9-26/h6-7,12-13,15H,5,8-11,14H2,1-4H3. The lowest BCUT2D eigenvalue weighted by Crippen LogP contribution is -2.37. The summed E-state index contributed by atoms with van der Waals surface area (Å²) in [6, 6.07) is 7.48. The van der Waals surface area contributed by atoms with E-state index in [0.29, 0.717) is 53.8 Å². The molecule has 1 saturated heterocycles. The molecule has 1 aliphatic rings. The lowest BCUT2D eigenvalue weighted by molar-refractivity contribution is -0.383. The van der Waals surface area contributed by atoms with Crippen LogP contribution in [0.25, 0.3) is 0 Å². The number of esters is 1. The summed E-state index contributed by atoms with van der Waals surface area (Å²) < 4.78 is 11.3. The van der Waals surface area contributed by atoms with Gasteiger partial charge in [0.1, 0.15) is 12.2 Å². The highest BCUT2D eigenvalue weighted by Gasteiger charge is 2.32. The van der Waals surface area contributed by atoms with E-state index in [9.17, 15) is 14.9 Å². The SMILES string of the molecule is CCOC(=O)CN(c1ccc(C(C)C)cc1Br)c1nc(C)cc(N2CCOCC2)c1[N+](=O)[O-]. The van der Waals surface area contributed by atoms with Crippen LogP contribution in [-0.2, 0) is 14.3 Å². The first-order valence-corrected chi connectivity index (χ1v) is 11.7. The van der Waals surface area contributed by atoms with Crippen molar-refractivity contribution in [2.45, 2.75) is 33.6 Å². The van der Waals surface area contributed by atoms with Gasteiger partial charge in [-0.05, 0) is 59.5 Å². The summed E-state index contributed by atoms with van der Waals surface area (Å²) in [4.78, 5) is 32.5. The minimum absolute atomic E-state index is 0.104. The molecule has 0 saturated carbocycles. The van der Waals surface area contributed by atoms with Crippen molar-refractivity contribution in [1.82, 2.24) is 4.98 Å². The number of benzene rings is 1. The van der Waals surface area contributed by atoms with Crippen molar-refractivity contribution in [2.75, 3.05) is 49.3 Å². The molecular weight excluding hydrogens is 492 g/mol. The molecule has 0 bridgehead atoms. The molecule has 3 rings (SSSR count). The molecule has 0 N–H and O–H groups in total. The number of halogens is 1. The fourth-order valence-corrected chi connectivity index (χ4v) is 4.36. The molecule has 9 nitrogen and oxygen atoms in total. The lowest BCUT2D eigenvalue weighted by atomic mass is 10.0. The third kappa shape index (κ3) is 5.80. The molecule has 178 valence electrons. The van der Waals surface area contributed by atoms with Gasteiger partial charge in [-0.1, -0.05) is 19.9 Å². The van der Waals surface area contributed by atoms with Gasteiger partial charge in [-0.2, -0.15) is 0 Å². The Labute approximate surface area is 202 Å². The second-order valence-corrected chi connectivity index (χ2v) is 8.92. The Morgan fingerprint density at radius 1 is 1.33 bits per heavy atom. The molecule has 0 spiro atoms. The Hall–Kier alpha value is -2.72. The number of aryl methyl sites for hydroxylation is 1. The summed E-state index contributed by atoms with van der Waals surface area (Å²) in [7, 11) is 0. The van der Waals surface area contributed by atoms with Crippen molar-refractivity contribution < 1.29 is 19.2 Å². The van der Waals surface area contributed by atoms with Gasteiger partial charge in [0.05, 0.1) is 30.4 Å². The topological polar surface area (TPSA) is 98.0 Å². The normalized spacial score (nSPS) is 13.8. The smallest absolute Gasteiger partial charge is 0.335 e. The number of nitro groups is 1. The number of carbonyl (C=O) groups is 1. The summed E-state index contributed by atoms with van der Waals surface area (Å²) >= 11 is 3.60. The molecule has 10 heteroatoms. The number of ether oxygens (including phenoxy) is 2. The third-order valence-electron chi connectivity index (χ3n) is 5.39. The fraction of sp³-hybridized carbons (Fsp3) is 0.478. The predicted octanol–water partition coefficient (Wildman–Crippen LogP) is 4.72. The van der Waals surface area contributed by atoms with Crippen molar-refractivity contribution in [2.24, 2.45) is 0 Å². The average molecular weight is 521 g/mol. The summed E-state index contributed by atoms with van der Waals surface area (Å²) in [6.45, 7) is 9.72. The summed E-state index contributed by atoms with van der Waals surface area (Å²) in [5, 5.41) is 12.3. The fourth-order valence-electron chi connectivity index (χ4n) is 3.75. The first-order valence-electron chi connectivity index (χ1n) is 10.9. The first-order chi connectivity index (χ1) is 15.7. The van der Waals surface area contributed by atoms with Gasteiger partial charge >= 0.3 is 11.7 Å². The predicted molar refractivity (Wildman–Crippen MR) is 131 cm³/mol. The van der Waals surface area contributed by atoms with Crippen LogP contribution in [0.5, 0.6) is 0 Å². The second-order valence-electron chi connectivity index (χ2n) is 8.07. The molecule has 2 aromatic rings. The van der Waals surface area contributed by atoms with Crippen LogP contribution in [0.2, 0.25) is 0 Å². The molecular formula is C23H29BrN4O5. The number of anilines is 3. The van der Waals surface area contributed by atoms with E-state index in [2.05, 4.69) is 34.8 Å². The maximum absolute atomic E-state index is 12.5. The van der Waals surface area contributed by atoms with Gasteiger partial charge in [-0.25, -0.2) is 4.98 Å². The first kappa shape index (κ1) is 24.9. The zero-order valence-electron chi connectivity index (χ0n) is 19.3. The molecule has 33 heavy (non-hydrogen) atoms. The van der Waals surface area contributed by atoms with Crippen LogP contribution < -0.4 is 9.80 Å². The lowest BCUT2D eigenvalue weighted by Gasteiger charge is -2.30. The minimum Gasteiger partial charge on any atom is -0.465 e. The van der Waals surface area contributed by atoms with Gasteiger partial charge in [0.25, 0.3) is 0 Å². The van der Waals surface area contributed by atoms with Crippen LogP contribution in [0.4, 0.5) is 22.9 Å². The van der Waals surface area contributed by atoms with E-state index in [4.69, 9.17) is 9.47 Å². The number of hydrogen-bond donors (Lipinski definition) is 0. The van der Waals surface area contributed by atoms with Crippen molar-refractivity contribution in [3.63, 3.8) is 0 Å². The minimum atomic E-state index is -0.497. The van der Waals surface area contributed by atoms with E-state index in [0.717, 1.165) is 5.56 Å². The monoisotopic (exact) mass is 520 g/mol. The number of rotatable bonds is 8. The molecule has 2 heterocycles. The van der Waals surface area contributed by atoms with Gasteiger partial charge in [0, 0.05) is 23.3 Å². The number of aromatic nitrogens is 1. The van der Waals surface area contributed by atoms with Crippen LogP contribution in [-0.4, -0.2) is 55.3 Å². The second kappa shape index (κ2) is 10.9. The summed E-state index contributed by atoms with van der Waals surface area (Å²) in [6.07, 6.45) is 0. The van der Waals surface area contributed by atoms with E-state index in [1.165, 1.54) is 0 Å². The van der Waals surface area contributed by atoms with Crippen molar-refractivity contribution in [3.05, 3.63) is 50.1 Å². The molecule has 1 fully saturated rings. The Balaban J connectivity index is 2.20. The van der Waals surface area contributed by atoms with E-state index >= 15 is 0 Å². The zero-order valence-corrected chi connectivity index (χ0v) is 20.9. The average Bonchev–Trinajstić information content (AvgIpc) is 2.77. The molecule has 0 amide bonds. The highest BCUT2D eigenvalue weighted by atomic mass is 79.9. The van der Waals surface area contributed by atoms with E-state index in [-0.39, 0.29) is 24.7 Å². The van der Waals surface area contributed by atoms with Crippen LogP contribution >= 0.6 is 15.9 Å². The number of pyridine rings is 1. The van der Waals surface area contributed by atoms with Crippen molar-refractivity contribution >= 4 is 44.8 Å². The van der Waals surface area contributed by atoms with E-state index in [1.54, 1.807) is 24.8 Å². The Bertz CT molecular complexity index is 1020. The number of carbonyl (C=O) groups excluding carboxylic acids is 1. The maximum Gasteiger partial charge on any atom is 0.335 e. The van der Waals surface area contributed by atoms with Gasteiger partial charge in [0.2, 0.25) is 5.82 Å². The van der Waals surface area contributed by atoms with Crippen LogP contribution in [0.1, 0.15) is 37.9 Å². The largest absolute Gasteiger partial charge is 0.465 e. The van der Waals surface area contributed by atoms with Crippen molar-refractivity contribution in [1.29, 1.82) is 0 Å². The Morgan fingerprint density at radius 2 is 2.03 bits per heavy atom. The number of nitrogens with zero attached hydrogens (tertiary/aromatic N) is 4. The number of morpholine rings is 1. The molecule has 1 aromatic heterocycles. The Morgan fingerprint density at radius 3 is 2.61 bits per heavy atom. The molecule has 1 aliphatic heterocycles. The van der Waals surface area contributed by atoms with Gasteiger partial charge in [0.15, 0.2) is 0 Å². The van der Waals surface area contributed by atoms with Gasteiger partial charge in [-0.15, -0.1) is 0 Å². The Kier molecular flexibility index (Phi) is 8.25. The molecule has 0 aliphatic carbocycles. The zero-order chi connectivity index (χ0) is 24.1. The van der Waals surface area contributed by atoms with Crippen LogP contribution in [0.15, 0.2) is 28.7 Å². The van der Waals surface area contributed by atoms with E-state index < -0.39 is 10.9 Å². The highest BCUT2D eigenvalue weighted by Crippen LogP contribution is 2.42. The number of hydrogen-bond acceptors (Lipinski definition) is 8. The van der Waals surface area contributed by atoms with Crippen molar-refractivity contribution in [3.8, 4) is 0 Å². The van der Waals surface area contributed by atoms with Crippen LogP contribution in [0, 0.1) is 17.0 Å². The van der Waals surface area contributed by atoms with Gasteiger partial charge in [-0.3, -0.25) is 14.9 Å². The summed E-state index contributed by atoms with van der Waals surface area (Å²) in [5.41, 5.74) is 2.63. The van der Waals surface area contributed by atoms with Gasteiger partial charge < -0.3 is 19.3 Å². The molecule has 1 aromatic carbocycles. The quantitative estimate of drug-likeness (QED) is 0.280. The summed E-state index contributed by atoms with van der Waals surface area (Å²) in [5.74, 6) is -0.0939. The molecule has 0 atom stereocenters. The molecule has 0 unspecified atom stereocenters. The third-order valence-corrected chi connectivity index (χ3v) is 6.03. The van der Waals surface area contributed by atoms with Crippen LogP contribution in [0.3, 0.4) is 0 Å². The molecule has 0 radical (unpaired) electrons.